The smallest absolute Gasteiger partial charge is 0.0466 e. The molecule has 0 saturated carbocycles. The molecule has 0 amide bonds. The van der Waals surface area contributed by atoms with Gasteiger partial charge in [0.1, 0.15) is 0 Å². The van der Waals surface area contributed by atoms with Gasteiger partial charge in [-0.05, 0) is 71.6 Å². The lowest BCUT2D eigenvalue weighted by atomic mass is 10.1. The molecule has 0 fully saturated rings. The first-order valence-corrected chi connectivity index (χ1v) is 6.51. The van der Waals surface area contributed by atoms with Gasteiger partial charge in [0.15, 0.2) is 0 Å². The first-order chi connectivity index (χ1) is 6.59. The normalized spacial score (nSPS) is 10.9. The van der Waals surface area contributed by atoms with Crippen molar-refractivity contribution < 1.29 is 0 Å². The van der Waals surface area contributed by atoms with Gasteiger partial charge < -0.3 is 0 Å². The van der Waals surface area contributed by atoms with E-state index in [0.717, 1.165) is 13.4 Å². The molecule has 0 N–H and O–H groups in total. The van der Waals surface area contributed by atoms with E-state index in [0.29, 0.717) is 0 Å². The van der Waals surface area contributed by atoms with Crippen LogP contribution in [0.1, 0.15) is 5.56 Å². The highest BCUT2D eigenvalue weighted by atomic mass is 79.9. The number of halogens is 3. The van der Waals surface area contributed by atoms with Crippen LogP contribution in [0.15, 0.2) is 37.7 Å². The van der Waals surface area contributed by atoms with Gasteiger partial charge in [-0.25, -0.2) is 0 Å². The average Bonchev–Trinajstić information content (AvgIpc) is 2.14. The minimum Gasteiger partial charge on any atom is -0.0586 e. The summed E-state index contributed by atoms with van der Waals surface area (Å²) >= 11 is 10.6. The summed E-state index contributed by atoms with van der Waals surface area (Å²) in [4.78, 5) is 0. The number of rotatable bonds is 0. The lowest BCUT2D eigenvalue weighted by molar-refractivity contribution is 1.49. The molecule has 0 radical (unpaired) electrons. The molecule has 0 unspecified atom stereocenters. The SMILES string of the molecule is Cc1ccc2c(Br)c(Br)c(Br)cc2c1. The van der Waals surface area contributed by atoms with Crippen molar-refractivity contribution in [3.8, 4) is 0 Å². The Kier molecular flexibility index (Phi) is 3.01. The van der Waals surface area contributed by atoms with Crippen molar-refractivity contribution >= 4 is 58.6 Å². The van der Waals surface area contributed by atoms with E-state index in [1.165, 1.54) is 16.3 Å². The van der Waals surface area contributed by atoms with Gasteiger partial charge in [-0.2, -0.15) is 0 Å². The second-order valence-corrected chi connectivity index (χ2v) is 5.65. The van der Waals surface area contributed by atoms with E-state index in [9.17, 15) is 0 Å². The number of benzene rings is 2. The Hall–Kier alpha value is 0.140. The molecule has 72 valence electrons. The Labute approximate surface area is 108 Å². The van der Waals surface area contributed by atoms with Crippen LogP contribution in [0.25, 0.3) is 10.8 Å². The van der Waals surface area contributed by atoms with Gasteiger partial charge >= 0.3 is 0 Å². The Bertz CT molecular complexity index is 503. The number of fused-ring (bicyclic) bond motifs is 1. The minimum atomic E-state index is 1.06. The zero-order valence-electron chi connectivity index (χ0n) is 7.44. The fourth-order valence-electron chi connectivity index (χ4n) is 1.42. The van der Waals surface area contributed by atoms with Gasteiger partial charge in [0, 0.05) is 13.4 Å². The standard InChI is InChI=1S/C11H7Br3/c1-6-2-3-8-7(4-6)5-9(12)11(14)10(8)13/h2-5H,1H3. The lowest BCUT2D eigenvalue weighted by Crippen LogP contribution is -1.80. The summed E-state index contributed by atoms with van der Waals surface area (Å²) in [6, 6.07) is 8.55. The Morgan fingerprint density at radius 3 is 2.36 bits per heavy atom. The molecule has 0 spiro atoms. The van der Waals surface area contributed by atoms with Gasteiger partial charge in [0.25, 0.3) is 0 Å². The number of hydrogen-bond donors (Lipinski definition) is 0. The van der Waals surface area contributed by atoms with Crippen molar-refractivity contribution in [2.45, 2.75) is 6.92 Å². The van der Waals surface area contributed by atoms with Crippen molar-refractivity contribution in [2.75, 3.05) is 0 Å². The quantitative estimate of drug-likeness (QED) is 0.536. The molecule has 0 nitrogen and oxygen atoms in total. The first kappa shape index (κ1) is 10.7. The molecule has 0 aromatic heterocycles. The van der Waals surface area contributed by atoms with Gasteiger partial charge in [0.05, 0.1) is 0 Å². The highest BCUT2D eigenvalue weighted by molar-refractivity contribution is 9.14. The van der Waals surface area contributed by atoms with Crippen LogP contribution in [-0.4, -0.2) is 0 Å². The zero-order chi connectivity index (χ0) is 10.3. The molecule has 0 bridgehead atoms. The van der Waals surface area contributed by atoms with Crippen LogP contribution in [0, 0.1) is 6.92 Å². The topological polar surface area (TPSA) is 0 Å². The first-order valence-electron chi connectivity index (χ1n) is 4.13. The maximum absolute atomic E-state index is 3.58. The molecular formula is C11H7Br3. The van der Waals surface area contributed by atoms with Crippen molar-refractivity contribution in [3.63, 3.8) is 0 Å². The molecule has 2 aromatic rings. The molecule has 0 atom stereocenters. The molecule has 2 rings (SSSR count). The van der Waals surface area contributed by atoms with Crippen molar-refractivity contribution in [1.82, 2.24) is 0 Å². The van der Waals surface area contributed by atoms with Crippen molar-refractivity contribution in [2.24, 2.45) is 0 Å². The van der Waals surface area contributed by atoms with E-state index in [-0.39, 0.29) is 0 Å². The summed E-state index contributed by atoms with van der Waals surface area (Å²) in [5, 5.41) is 2.47. The van der Waals surface area contributed by atoms with Crippen LogP contribution in [-0.2, 0) is 0 Å². The van der Waals surface area contributed by atoms with Crippen LogP contribution >= 0.6 is 47.8 Å². The van der Waals surface area contributed by atoms with Crippen LogP contribution in [0.4, 0.5) is 0 Å². The Morgan fingerprint density at radius 1 is 0.929 bits per heavy atom. The molecule has 0 saturated heterocycles. The second kappa shape index (κ2) is 3.95. The van der Waals surface area contributed by atoms with E-state index in [2.05, 4.69) is 79.0 Å². The summed E-state index contributed by atoms with van der Waals surface area (Å²) in [6.07, 6.45) is 0. The van der Waals surface area contributed by atoms with Crippen LogP contribution in [0.5, 0.6) is 0 Å². The second-order valence-electron chi connectivity index (χ2n) is 3.21. The number of aryl methyl sites for hydroxylation is 1. The summed E-state index contributed by atoms with van der Waals surface area (Å²) < 4.78 is 3.23. The molecule has 3 heteroatoms. The third kappa shape index (κ3) is 1.77. The molecule has 0 aliphatic rings. The molecule has 0 aliphatic carbocycles. The van der Waals surface area contributed by atoms with E-state index >= 15 is 0 Å². The summed E-state index contributed by atoms with van der Waals surface area (Å²) in [7, 11) is 0. The summed E-state index contributed by atoms with van der Waals surface area (Å²) in [6.45, 7) is 2.10. The van der Waals surface area contributed by atoms with Crippen molar-refractivity contribution in [3.05, 3.63) is 43.2 Å². The fourth-order valence-corrected chi connectivity index (χ4v) is 3.04. The van der Waals surface area contributed by atoms with Gasteiger partial charge in [-0.15, -0.1) is 0 Å². The van der Waals surface area contributed by atoms with Crippen molar-refractivity contribution in [1.29, 1.82) is 0 Å². The van der Waals surface area contributed by atoms with Gasteiger partial charge in [0.2, 0.25) is 0 Å². The highest BCUT2D eigenvalue weighted by Gasteiger charge is 2.07. The van der Waals surface area contributed by atoms with Crippen LogP contribution in [0.3, 0.4) is 0 Å². The van der Waals surface area contributed by atoms with E-state index < -0.39 is 0 Å². The average molecular weight is 379 g/mol. The molecule has 0 aliphatic heterocycles. The molecular weight excluding hydrogens is 372 g/mol. The maximum atomic E-state index is 3.58. The fraction of sp³-hybridized carbons (Fsp3) is 0.0909. The minimum absolute atomic E-state index is 1.06. The monoisotopic (exact) mass is 376 g/mol. The van der Waals surface area contributed by atoms with E-state index in [1.54, 1.807) is 0 Å². The van der Waals surface area contributed by atoms with Crippen LogP contribution < -0.4 is 0 Å². The van der Waals surface area contributed by atoms with Gasteiger partial charge in [-0.3, -0.25) is 0 Å². The zero-order valence-corrected chi connectivity index (χ0v) is 12.2. The van der Waals surface area contributed by atoms with E-state index in [4.69, 9.17) is 0 Å². The third-order valence-electron chi connectivity index (χ3n) is 2.13. The lowest BCUT2D eigenvalue weighted by Gasteiger charge is -2.06. The Balaban J connectivity index is 2.91. The summed E-state index contributed by atoms with van der Waals surface area (Å²) in [5.41, 5.74) is 1.28. The predicted molar refractivity (Wildman–Crippen MR) is 71.8 cm³/mol. The molecule has 2 aromatic carbocycles. The third-order valence-corrected chi connectivity index (χ3v) is 5.47. The summed E-state index contributed by atoms with van der Waals surface area (Å²) in [5.74, 6) is 0. The maximum Gasteiger partial charge on any atom is 0.0466 e. The number of hydrogen-bond acceptors (Lipinski definition) is 0. The van der Waals surface area contributed by atoms with Gasteiger partial charge in [-0.1, -0.05) is 23.8 Å². The predicted octanol–water partition coefficient (Wildman–Crippen LogP) is 5.44. The largest absolute Gasteiger partial charge is 0.0586 e. The highest BCUT2D eigenvalue weighted by Crippen LogP contribution is 2.37. The Morgan fingerprint density at radius 2 is 1.64 bits per heavy atom. The van der Waals surface area contributed by atoms with Crippen LogP contribution in [0.2, 0.25) is 0 Å². The van der Waals surface area contributed by atoms with E-state index in [1.807, 2.05) is 0 Å². The molecule has 14 heavy (non-hydrogen) atoms. The molecule has 0 heterocycles.